The van der Waals surface area contributed by atoms with Gasteiger partial charge in [-0.1, -0.05) is 23.2 Å². The maximum atomic E-state index is 6.20. The van der Waals surface area contributed by atoms with Gasteiger partial charge in [-0.05, 0) is 64.8 Å². The molecule has 2 nitrogen and oxygen atoms in total. The van der Waals surface area contributed by atoms with Gasteiger partial charge in [-0.15, -0.1) is 0 Å². The van der Waals surface area contributed by atoms with Gasteiger partial charge < -0.3 is 5.32 Å². The SMILES string of the molecule is CNC(Cc1cc(Cl)ccc1Cl)c1cncc(Br)c1. The van der Waals surface area contributed by atoms with Crippen LogP contribution in [0.5, 0.6) is 0 Å². The molecule has 0 saturated carbocycles. The van der Waals surface area contributed by atoms with Crippen LogP contribution in [0.1, 0.15) is 17.2 Å². The number of hydrogen-bond acceptors (Lipinski definition) is 2. The second-order valence-corrected chi connectivity index (χ2v) is 5.98. The molecule has 0 bridgehead atoms. The first-order valence-corrected chi connectivity index (χ1v) is 7.36. The minimum atomic E-state index is 0.140. The highest BCUT2D eigenvalue weighted by molar-refractivity contribution is 9.10. The first kappa shape index (κ1) is 14.8. The number of halogens is 3. The quantitative estimate of drug-likeness (QED) is 0.859. The molecule has 1 N–H and O–H groups in total. The highest BCUT2D eigenvalue weighted by atomic mass is 79.9. The summed E-state index contributed by atoms with van der Waals surface area (Å²) in [6, 6.07) is 7.71. The fourth-order valence-corrected chi connectivity index (χ4v) is 2.70. The van der Waals surface area contributed by atoms with Crippen molar-refractivity contribution in [3.63, 3.8) is 0 Å². The van der Waals surface area contributed by atoms with Crippen LogP contribution in [0.4, 0.5) is 0 Å². The predicted octanol–water partition coefficient (Wildman–Crippen LogP) is 4.65. The fraction of sp³-hybridized carbons (Fsp3) is 0.214. The molecule has 1 aromatic heterocycles. The fourth-order valence-electron chi connectivity index (χ4n) is 1.93. The number of aromatic nitrogens is 1. The first-order chi connectivity index (χ1) is 9.10. The van der Waals surface area contributed by atoms with Crippen molar-refractivity contribution in [2.75, 3.05) is 7.05 Å². The first-order valence-electron chi connectivity index (χ1n) is 5.82. The minimum absolute atomic E-state index is 0.140. The van der Waals surface area contributed by atoms with Crippen LogP contribution >= 0.6 is 39.1 Å². The third-order valence-corrected chi connectivity index (χ3v) is 3.95. The average Bonchev–Trinajstić information content (AvgIpc) is 2.39. The Bertz CT molecular complexity index is 575. The van der Waals surface area contributed by atoms with E-state index < -0.39 is 0 Å². The number of hydrogen-bond donors (Lipinski definition) is 1. The number of nitrogens with one attached hydrogen (secondary N) is 1. The van der Waals surface area contributed by atoms with E-state index in [1.807, 2.05) is 31.4 Å². The molecule has 2 rings (SSSR count). The van der Waals surface area contributed by atoms with Crippen LogP contribution in [0, 0.1) is 0 Å². The van der Waals surface area contributed by atoms with Gasteiger partial charge in [0.1, 0.15) is 0 Å². The summed E-state index contributed by atoms with van der Waals surface area (Å²) in [5.41, 5.74) is 2.13. The summed E-state index contributed by atoms with van der Waals surface area (Å²) in [6.07, 6.45) is 4.38. The van der Waals surface area contributed by atoms with Gasteiger partial charge in [0.05, 0.1) is 0 Å². The third-order valence-electron chi connectivity index (χ3n) is 2.91. The van der Waals surface area contributed by atoms with Gasteiger partial charge in [0.2, 0.25) is 0 Å². The lowest BCUT2D eigenvalue weighted by atomic mass is 10.0. The maximum Gasteiger partial charge on any atom is 0.0439 e. The van der Waals surface area contributed by atoms with E-state index in [0.717, 1.165) is 27.0 Å². The van der Waals surface area contributed by atoms with Crippen molar-refractivity contribution in [1.82, 2.24) is 10.3 Å². The van der Waals surface area contributed by atoms with E-state index in [9.17, 15) is 0 Å². The normalized spacial score (nSPS) is 12.4. The molecule has 1 heterocycles. The number of benzene rings is 1. The van der Waals surface area contributed by atoms with E-state index in [1.165, 1.54) is 0 Å². The Morgan fingerprint density at radius 3 is 2.74 bits per heavy atom. The third kappa shape index (κ3) is 3.93. The van der Waals surface area contributed by atoms with Crippen LogP contribution in [-0.4, -0.2) is 12.0 Å². The van der Waals surface area contributed by atoms with Crippen molar-refractivity contribution in [3.05, 3.63) is 62.3 Å². The second kappa shape index (κ2) is 6.71. The Morgan fingerprint density at radius 1 is 1.26 bits per heavy atom. The Kier molecular flexibility index (Phi) is 5.22. The van der Waals surface area contributed by atoms with Gasteiger partial charge in [-0.2, -0.15) is 0 Å². The van der Waals surface area contributed by atoms with Crippen LogP contribution in [0.25, 0.3) is 0 Å². The standard InChI is InChI=1S/C14H13BrCl2N2/c1-18-14(10-4-11(15)8-19-7-10)6-9-5-12(16)2-3-13(9)17/h2-5,7-8,14,18H,6H2,1H3. The van der Waals surface area contributed by atoms with E-state index >= 15 is 0 Å². The maximum absolute atomic E-state index is 6.20. The van der Waals surface area contributed by atoms with Gasteiger partial charge in [0.25, 0.3) is 0 Å². The van der Waals surface area contributed by atoms with E-state index in [0.29, 0.717) is 5.02 Å². The molecule has 1 unspecified atom stereocenters. The zero-order valence-corrected chi connectivity index (χ0v) is 13.4. The number of pyridine rings is 1. The van der Waals surface area contributed by atoms with Crippen molar-refractivity contribution in [2.45, 2.75) is 12.5 Å². The average molecular weight is 360 g/mol. The minimum Gasteiger partial charge on any atom is -0.313 e. The molecule has 100 valence electrons. The van der Waals surface area contributed by atoms with Crippen molar-refractivity contribution in [1.29, 1.82) is 0 Å². The Morgan fingerprint density at radius 2 is 2.05 bits per heavy atom. The predicted molar refractivity (Wildman–Crippen MR) is 83.9 cm³/mol. The van der Waals surface area contributed by atoms with Gasteiger partial charge in [-0.25, -0.2) is 0 Å². The molecule has 1 aromatic carbocycles. The summed E-state index contributed by atoms with van der Waals surface area (Å²) in [5.74, 6) is 0. The molecule has 5 heteroatoms. The molecule has 19 heavy (non-hydrogen) atoms. The van der Waals surface area contributed by atoms with Crippen molar-refractivity contribution in [3.8, 4) is 0 Å². The lowest BCUT2D eigenvalue weighted by Crippen LogP contribution is -2.19. The smallest absolute Gasteiger partial charge is 0.0439 e. The number of nitrogens with zero attached hydrogens (tertiary/aromatic N) is 1. The molecular weight excluding hydrogens is 347 g/mol. The lowest BCUT2D eigenvalue weighted by Gasteiger charge is -2.17. The molecule has 0 radical (unpaired) electrons. The summed E-state index contributed by atoms with van der Waals surface area (Å²) in [6.45, 7) is 0. The molecule has 0 fully saturated rings. The topological polar surface area (TPSA) is 24.9 Å². The molecule has 0 amide bonds. The van der Waals surface area contributed by atoms with E-state index in [2.05, 4.69) is 26.2 Å². The highest BCUT2D eigenvalue weighted by Gasteiger charge is 2.13. The van der Waals surface area contributed by atoms with Crippen LogP contribution in [0.3, 0.4) is 0 Å². The highest BCUT2D eigenvalue weighted by Crippen LogP contribution is 2.26. The molecule has 0 aliphatic carbocycles. The summed E-state index contributed by atoms with van der Waals surface area (Å²) in [4.78, 5) is 4.19. The number of rotatable bonds is 4. The van der Waals surface area contributed by atoms with Crippen LogP contribution in [0.15, 0.2) is 41.1 Å². The van der Waals surface area contributed by atoms with E-state index in [1.54, 1.807) is 12.3 Å². The molecule has 2 aromatic rings. The monoisotopic (exact) mass is 358 g/mol. The molecule has 0 aliphatic rings. The lowest BCUT2D eigenvalue weighted by molar-refractivity contribution is 0.589. The zero-order chi connectivity index (χ0) is 13.8. The molecule has 0 aliphatic heterocycles. The zero-order valence-electron chi connectivity index (χ0n) is 10.3. The van der Waals surface area contributed by atoms with Crippen LogP contribution in [0.2, 0.25) is 10.0 Å². The summed E-state index contributed by atoms with van der Waals surface area (Å²) < 4.78 is 0.961. The van der Waals surface area contributed by atoms with Crippen molar-refractivity contribution < 1.29 is 0 Å². The van der Waals surface area contributed by atoms with E-state index in [4.69, 9.17) is 23.2 Å². The van der Waals surface area contributed by atoms with Gasteiger partial charge in [0.15, 0.2) is 0 Å². The van der Waals surface area contributed by atoms with Crippen LogP contribution in [-0.2, 0) is 6.42 Å². The molecule has 0 saturated heterocycles. The largest absolute Gasteiger partial charge is 0.313 e. The molecular formula is C14H13BrCl2N2. The van der Waals surface area contributed by atoms with E-state index in [-0.39, 0.29) is 6.04 Å². The number of likely N-dealkylation sites (N-methyl/N-ethyl adjacent to an activating group) is 1. The Labute approximate surface area is 131 Å². The summed E-state index contributed by atoms with van der Waals surface area (Å²) in [5, 5.41) is 4.70. The Balaban J connectivity index is 2.26. The summed E-state index contributed by atoms with van der Waals surface area (Å²) >= 11 is 15.7. The van der Waals surface area contributed by atoms with Crippen LogP contribution < -0.4 is 5.32 Å². The van der Waals surface area contributed by atoms with Crippen molar-refractivity contribution >= 4 is 39.1 Å². The van der Waals surface area contributed by atoms with Gasteiger partial charge in [0, 0.05) is 33.0 Å². The van der Waals surface area contributed by atoms with Gasteiger partial charge >= 0.3 is 0 Å². The van der Waals surface area contributed by atoms with Gasteiger partial charge in [-0.3, -0.25) is 4.98 Å². The summed E-state index contributed by atoms with van der Waals surface area (Å²) in [7, 11) is 1.92. The molecule has 1 atom stereocenters. The Hall–Kier alpha value is -0.610. The molecule has 0 spiro atoms. The van der Waals surface area contributed by atoms with Crippen molar-refractivity contribution in [2.24, 2.45) is 0 Å². The second-order valence-electron chi connectivity index (χ2n) is 4.22.